The number of halogens is 2. The Labute approximate surface area is 111 Å². The highest BCUT2D eigenvalue weighted by Crippen LogP contribution is 2.26. The molecule has 0 amide bonds. The molecule has 0 N–H and O–H groups in total. The highest BCUT2D eigenvalue weighted by atomic mass is 79.9. The minimum Gasteiger partial charge on any atom is -0.295 e. The number of rotatable bonds is 5. The van der Waals surface area contributed by atoms with Crippen molar-refractivity contribution in [2.24, 2.45) is 0 Å². The molecule has 0 radical (unpaired) electrons. The summed E-state index contributed by atoms with van der Waals surface area (Å²) < 4.78 is 13.0. The molecule has 0 saturated heterocycles. The summed E-state index contributed by atoms with van der Waals surface area (Å²) in [5.41, 5.74) is 2.31. The van der Waals surface area contributed by atoms with Gasteiger partial charge in [-0.3, -0.25) is 4.90 Å². The Morgan fingerprint density at radius 2 is 2.18 bits per heavy atom. The molecule has 0 bridgehead atoms. The van der Waals surface area contributed by atoms with E-state index in [4.69, 9.17) is 0 Å². The Bertz CT molecular complexity index is 376. The Hall–Kier alpha value is -0.410. The van der Waals surface area contributed by atoms with E-state index in [-0.39, 0.29) is 5.82 Å². The third kappa shape index (κ3) is 3.29. The first-order valence-corrected chi connectivity index (χ1v) is 7.38. The molecule has 0 aliphatic heterocycles. The molecule has 1 fully saturated rings. The highest BCUT2D eigenvalue weighted by Gasteiger charge is 2.24. The van der Waals surface area contributed by atoms with Crippen molar-refractivity contribution < 1.29 is 4.39 Å². The van der Waals surface area contributed by atoms with Crippen LogP contribution in [0.1, 0.15) is 30.4 Å². The summed E-state index contributed by atoms with van der Waals surface area (Å²) in [6, 6.07) is 5.85. The van der Waals surface area contributed by atoms with Crippen molar-refractivity contribution in [3.63, 3.8) is 0 Å². The van der Waals surface area contributed by atoms with Crippen molar-refractivity contribution in [3.8, 4) is 0 Å². The summed E-state index contributed by atoms with van der Waals surface area (Å²) in [7, 11) is 0. The fourth-order valence-corrected chi connectivity index (χ4v) is 2.76. The van der Waals surface area contributed by atoms with Gasteiger partial charge in [0.05, 0.1) is 0 Å². The van der Waals surface area contributed by atoms with Crippen LogP contribution in [0.25, 0.3) is 0 Å². The van der Waals surface area contributed by atoms with E-state index in [1.54, 1.807) is 12.1 Å². The standard InChI is InChI=1S/C14H19BrFN/c1-11-9-13(16)6-5-12(11)10-17(8-7-15)14-3-2-4-14/h5-6,9,14H,2-4,7-8,10H2,1H3. The molecular formula is C14H19BrFN. The van der Waals surface area contributed by atoms with Crippen molar-refractivity contribution >= 4 is 15.9 Å². The molecule has 0 unspecified atom stereocenters. The van der Waals surface area contributed by atoms with E-state index in [0.717, 1.165) is 30.0 Å². The summed E-state index contributed by atoms with van der Waals surface area (Å²) in [6.45, 7) is 4.01. The maximum absolute atomic E-state index is 13.0. The number of aryl methyl sites for hydroxylation is 1. The lowest BCUT2D eigenvalue weighted by atomic mass is 9.91. The Morgan fingerprint density at radius 1 is 1.41 bits per heavy atom. The number of nitrogens with zero attached hydrogens (tertiary/aromatic N) is 1. The van der Waals surface area contributed by atoms with E-state index in [9.17, 15) is 4.39 Å². The highest BCUT2D eigenvalue weighted by molar-refractivity contribution is 9.09. The van der Waals surface area contributed by atoms with Gasteiger partial charge in [-0.25, -0.2) is 4.39 Å². The van der Waals surface area contributed by atoms with Crippen LogP contribution in [0.5, 0.6) is 0 Å². The molecule has 1 aliphatic carbocycles. The van der Waals surface area contributed by atoms with Gasteiger partial charge in [-0.05, 0) is 43.0 Å². The largest absolute Gasteiger partial charge is 0.295 e. The third-order valence-electron chi connectivity index (χ3n) is 3.64. The third-order valence-corrected chi connectivity index (χ3v) is 4.00. The molecule has 94 valence electrons. The topological polar surface area (TPSA) is 3.24 Å². The molecule has 1 aromatic rings. The van der Waals surface area contributed by atoms with Crippen LogP contribution in [0.2, 0.25) is 0 Å². The van der Waals surface area contributed by atoms with Gasteiger partial charge in [0, 0.05) is 24.5 Å². The molecular weight excluding hydrogens is 281 g/mol. The lowest BCUT2D eigenvalue weighted by molar-refractivity contribution is 0.128. The molecule has 0 spiro atoms. The maximum atomic E-state index is 13.0. The summed E-state index contributed by atoms with van der Waals surface area (Å²) in [6.07, 6.45) is 3.98. The zero-order valence-corrected chi connectivity index (χ0v) is 11.8. The Kier molecular flexibility index (Phi) is 4.57. The minimum atomic E-state index is -0.137. The first kappa shape index (κ1) is 13.0. The predicted molar refractivity (Wildman–Crippen MR) is 73.0 cm³/mol. The second-order valence-electron chi connectivity index (χ2n) is 4.81. The van der Waals surface area contributed by atoms with Crippen molar-refractivity contribution in [2.75, 3.05) is 11.9 Å². The van der Waals surface area contributed by atoms with Gasteiger partial charge in [-0.15, -0.1) is 0 Å². The van der Waals surface area contributed by atoms with E-state index in [0.29, 0.717) is 0 Å². The van der Waals surface area contributed by atoms with Crippen LogP contribution in [0.4, 0.5) is 4.39 Å². The van der Waals surface area contributed by atoms with Gasteiger partial charge in [-0.1, -0.05) is 28.4 Å². The zero-order chi connectivity index (χ0) is 12.3. The van der Waals surface area contributed by atoms with Crippen LogP contribution in [-0.2, 0) is 6.54 Å². The van der Waals surface area contributed by atoms with Crippen LogP contribution in [0, 0.1) is 12.7 Å². The van der Waals surface area contributed by atoms with Gasteiger partial charge in [0.2, 0.25) is 0 Å². The van der Waals surface area contributed by atoms with E-state index >= 15 is 0 Å². The quantitative estimate of drug-likeness (QED) is 0.746. The normalized spacial score (nSPS) is 16.2. The monoisotopic (exact) mass is 299 g/mol. The summed E-state index contributed by atoms with van der Waals surface area (Å²) in [5.74, 6) is -0.137. The molecule has 0 atom stereocenters. The van der Waals surface area contributed by atoms with Crippen LogP contribution in [-0.4, -0.2) is 22.8 Å². The van der Waals surface area contributed by atoms with E-state index in [1.165, 1.54) is 24.8 Å². The van der Waals surface area contributed by atoms with Crippen LogP contribution in [0.3, 0.4) is 0 Å². The summed E-state index contributed by atoms with van der Waals surface area (Å²) in [5, 5.41) is 1.00. The number of hydrogen-bond acceptors (Lipinski definition) is 1. The second-order valence-corrected chi connectivity index (χ2v) is 5.61. The van der Waals surface area contributed by atoms with Crippen molar-refractivity contribution in [1.82, 2.24) is 4.90 Å². The fourth-order valence-electron chi connectivity index (χ4n) is 2.31. The lowest BCUT2D eigenvalue weighted by Crippen LogP contribution is -2.40. The first-order chi connectivity index (χ1) is 8.20. The summed E-state index contributed by atoms with van der Waals surface area (Å²) in [4.78, 5) is 2.51. The molecule has 2 rings (SSSR count). The predicted octanol–water partition coefficient (Wildman–Crippen LogP) is 3.88. The first-order valence-electron chi connectivity index (χ1n) is 6.25. The SMILES string of the molecule is Cc1cc(F)ccc1CN(CCBr)C1CCC1. The summed E-state index contributed by atoms with van der Waals surface area (Å²) >= 11 is 3.51. The average molecular weight is 300 g/mol. The second kappa shape index (κ2) is 5.96. The molecule has 3 heteroatoms. The van der Waals surface area contributed by atoms with Crippen molar-refractivity contribution in [3.05, 3.63) is 35.1 Å². The van der Waals surface area contributed by atoms with Crippen molar-refractivity contribution in [2.45, 2.75) is 38.8 Å². The molecule has 0 aromatic heterocycles. The molecule has 17 heavy (non-hydrogen) atoms. The van der Waals surface area contributed by atoms with E-state index in [2.05, 4.69) is 20.8 Å². The van der Waals surface area contributed by atoms with E-state index < -0.39 is 0 Å². The molecule has 1 aliphatic rings. The minimum absolute atomic E-state index is 0.137. The van der Waals surface area contributed by atoms with Gasteiger partial charge in [0.25, 0.3) is 0 Å². The Balaban J connectivity index is 2.05. The number of hydrogen-bond donors (Lipinski definition) is 0. The number of benzene rings is 1. The van der Waals surface area contributed by atoms with Crippen LogP contribution < -0.4 is 0 Å². The lowest BCUT2D eigenvalue weighted by Gasteiger charge is -2.37. The van der Waals surface area contributed by atoms with Crippen LogP contribution in [0.15, 0.2) is 18.2 Å². The van der Waals surface area contributed by atoms with Gasteiger partial charge < -0.3 is 0 Å². The van der Waals surface area contributed by atoms with Crippen LogP contribution >= 0.6 is 15.9 Å². The average Bonchev–Trinajstić information content (AvgIpc) is 2.20. The maximum Gasteiger partial charge on any atom is 0.123 e. The molecule has 0 heterocycles. The Morgan fingerprint density at radius 3 is 2.71 bits per heavy atom. The number of alkyl halides is 1. The fraction of sp³-hybridized carbons (Fsp3) is 0.571. The zero-order valence-electron chi connectivity index (χ0n) is 10.3. The molecule has 1 nitrogen and oxygen atoms in total. The smallest absolute Gasteiger partial charge is 0.123 e. The van der Waals surface area contributed by atoms with Gasteiger partial charge in [0.15, 0.2) is 0 Å². The molecule has 1 saturated carbocycles. The van der Waals surface area contributed by atoms with Crippen molar-refractivity contribution in [1.29, 1.82) is 0 Å². The van der Waals surface area contributed by atoms with E-state index in [1.807, 2.05) is 13.0 Å². The molecule has 1 aromatic carbocycles. The van der Waals surface area contributed by atoms with Gasteiger partial charge in [-0.2, -0.15) is 0 Å². The van der Waals surface area contributed by atoms with Gasteiger partial charge >= 0.3 is 0 Å². The van der Waals surface area contributed by atoms with Gasteiger partial charge in [0.1, 0.15) is 5.82 Å².